The number of thiophene rings is 1. The summed E-state index contributed by atoms with van der Waals surface area (Å²) in [5, 5.41) is 2.12. The van der Waals surface area contributed by atoms with Crippen LogP contribution in [0.4, 0.5) is 0 Å². The lowest BCUT2D eigenvalue weighted by Crippen LogP contribution is -1.84. The fourth-order valence-electron chi connectivity index (χ4n) is 1.17. The van der Waals surface area contributed by atoms with Crippen LogP contribution in [0.3, 0.4) is 0 Å². The number of ketones is 1. The summed E-state index contributed by atoms with van der Waals surface area (Å²) in [5.74, 6) is 0.973. The van der Waals surface area contributed by atoms with Crippen LogP contribution in [0.1, 0.15) is 40.9 Å². The second kappa shape index (κ2) is 2.45. The van der Waals surface area contributed by atoms with Gasteiger partial charge in [0, 0.05) is 0 Å². The van der Waals surface area contributed by atoms with Crippen molar-refractivity contribution >= 4 is 17.1 Å². The number of Topliss-reactive ketones (excluding diaryl/α,β-unsaturated/α-hetero) is 1. The van der Waals surface area contributed by atoms with E-state index in [1.807, 2.05) is 6.07 Å². The van der Waals surface area contributed by atoms with Crippen LogP contribution in [0.5, 0.6) is 0 Å². The molecule has 58 valence electrons. The first-order valence-electron chi connectivity index (χ1n) is 3.87. The molecule has 0 saturated heterocycles. The van der Waals surface area contributed by atoms with Crippen molar-refractivity contribution < 1.29 is 4.79 Å². The van der Waals surface area contributed by atoms with E-state index in [9.17, 15) is 4.79 Å². The van der Waals surface area contributed by atoms with E-state index in [1.165, 1.54) is 18.4 Å². The Labute approximate surface area is 70.1 Å². The summed E-state index contributed by atoms with van der Waals surface area (Å²) in [6.45, 7) is 1.63. The fourth-order valence-corrected chi connectivity index (χ4v) is 2.06. The average molecular weight is 166 g/mol. The molecule has 1 saturated carbocycles. The molecule has 0 atom stereocenters. The summed E-state index contributed by atoms with van der Waals surface area (Å²) in [4.78, 5) is 11.8. The predicted octanol–water partition coefficient (Wildman–Crippen LogP) is 2.83. The number of hydrogen-bond donors (Lipinski definition) is 0. The smallest absolute Gasteiger partial charge is 0.169 e. The third-order valence-corrected chi connectivity index (χ3v) is 3.06. The van der Waals surface area contributed by atoms with Crippen LogP contribution < -0.4 is 0 Å². The molecule has 1 nitrogen and oxygen atoms in total. The van der Waals surface area contributed by atoms with E-state index in [-0.39, 0.29) is 5.78 Å². The molecule has 0 amide bonds. The van der Waals surface area contributed by atoms with E-state index >= 15 is 0 Å². The quantitative estimate of drug-likeness (QED) is 0.617. The molecule has 1 aliphatic rings. The molecule has 1 fully saturated rings. The van der Waals surface area contributed by atoms with Crippen molar-refractivity contribution in [1.82, 2.24) is 0 Å². The van der Waals surface area contributed by atoms with Gasteiger partial charge in [0.1, 0.15) is 0 Å². The maximum atomic E-state index is 10.9. The van der Waals surface area contributed by atoms with Gasteiger partial charge in [-0.05, 0) is 42.7 Å². The van der Waals surface area contributed by atoms with Gasteiger partial charge in [0.2, 0.25) is 0 Å². The van der Waals surface area contributed by atoms with Crippen molar-refractivity contribution in [3.63, 3.8) is 0 Å². The lowest BCUT2D eigenvalue weighted by Gasteiger charge is -1.85. The highest BCUT2D eigenvalue weighted by Gasteiger charge is 2.24. The molecule has 1 aliphatic carbocycles. The number of carbonyl (C=O) groups excluding carboxylic acids is 1. The Hall–Kier alpha value is -0.630. The average Bonchev–Trinajstić information content (AvgIpc) is 2.68. The van der Waals surface area contributed by atoms with Crippen LogP contribution in [-0.2, 0) is 0 Å². The summed E-state index contributed by atoms with van der Waals surface area (Å²) < 4.78 is 0. The zero-order valence-corrected chi connectivity index (χ0v) is 7.28. The molecule has 2 heteroatoms. The number of hydrogen-bond acceptors (Lipinski definition) is 2. The molecular weight excluding hydrogens is 156 g/mol. The Kier molecular flexibility index (Phi) is 1.57. The van der Waals surface area contributed by atoms with Gasteiger partial charge in [-0.25, -0.2) is 0 Å². The summed E-state index contributed by atoms with van der Waals surface area (Å²) >= 11 is 1.58. The zero-order chi connectivity index (χ0) is 7.84. The van der Waals surface area contributed by atoms with Crippen LogP contribution in [0.2, 0.25) is 0 Å². The van der Waals surface area contributed by atoms with Crippen molar-refractivity contribution in [3.05, 3.63) is 21.9 Å². The lowest BCUT2D eigenvalue weighted by atomic mass is 10.2. The zero-order valence-electron chi connectivity index (χ0n) is 6.46. The Morgan fingerprint density at radius 1 is 1.64 bits per heavy atom. The normalized spacial score (nSPS) is 16.8. The van der Waals surface area contributed by atoms with Crippen LogP contribution in [0.15, 0.2) is 11.4 Å². The van der Waals surface area contributed by atoms with Crippen molar-refractivity contribution in [2.45, 2.75) is 25.7 Å². The SMILES string of the molecule is CC(=O)c1cc(C2CC2)cs1. The molecule has 1 aromatic rings. The third kappa shape index (κ3) is 1.36. The lowest BCUT2D eigenvalue weighted by molar-refractivity contribution is 0.102. The Bertz CT molecular complexity index is 284. The molecular formula is C9H10OS. The topological polar surface area (TPSA) is 17.1 Å². The van der Waals surface area contributed by atoms with E-state index in [0.29, 0.717) is 0 Å². The van der Waals surface area contributed by atoms with Crippen molar-refractivity contribution in [1.29, 1.82) is 0 Å². The number of rotatable bonds is 2. The molecule has 1 aromatic heterocycles. The van der Waals surface area contributed by atoms with Gasteiger partial charge in [-0.1, -0.05) is 0 Å². The minimum Gasteiger partial charge on any atom is -0.294 e. The van der Waals surface area contributed by atoms with Gasteiger partial charge in [0.05, 0.1) is 4.88 Å². The molecule has 2 rings (SSSR count). The van der Waals surface area contributed by atoms with Crippen molar-refractivity contribution in [2.75, 3.05) is 0 Å². The van der Waals surface area contributed by atoms with E-state index in [4.69, 9.17) is 0 Å². The molecule has 1 heterocycles. The molecule has 0 N–H and O–H groups in total. The summed E-state index contributed by atoms with van der Waals surface area (Å²) in [6, 6.07) is 2.05. The van der Waals surface area contributed by atoms with E-state index < -0.39 is 0 Å². The van der Waals surface area contributed by atoms with Gasteiger partial charge in [-0.15, -0.1) is 11.3 Å². The molecule has 0 unspecified atom stereocenters. The second-order valence-electron chi connectivity index (χ2n) is 3.07. The molecule has 11 heavy (non-hydrogen) atoms. The van der Waals surface area contributed by atoms with Gasteiger partial charge >= 0.3 is 0 Å². The maximum Gasteiger partial charge on any atom is 0.169 e. The largest absolute Gasteiger partial charge is 0.294 e. The fraction of sp³-hybridized carbons (Fsp3) is 0.444. The molecule has 0 aromatic carbocycles. The number of carbonyl (C=O) groups is 1. The molecule has 0 bridgehead atoms. The van der Waals surface area contributed by atoms with Gasteiger partial charge in [-0.2, -0.15) is 0 Å². The van der Waals surface area contributed by atoms with E-state index in [1.54, 1.807) is 18.3 Å². The van der Waals surface area contributed by atoms with Crippen LogP contribution in [-0.4, -0.2) is 5.78 Å². The summed E-state index contributed by atoms with van der Waals surface area (Å²) in [6.07, 6.45) is 2.63. The van der Waals surface area contributed by atoms with Gasteiger partial charge in [0.25, 0.3) is 0 Å². The highest BCUT2D eigenvalue weighted by atomic mass is 32.1. The first-order valence-corrected chi connectivity index (χ1v) is 4.74. The van der Waals surface area contributed by atoms with Crippen LogP contribution in [0, 0.1) is 0 Å². The highest BCUT2D eigenvalue weighted by Crippen LogP contribution is 2.41. The predicted molar refractivity (Wildman–Crippen MR) is 46.3 cm³/mol. The maximum absolute atomic E-state index is 10.9. The minimum absolute atomic E-state index is 0.196. The standard InChI is InChI=1S/C9H10OS/c1-6(10)9-4-8(5-11-9)7-2-3-7/h4-5,7H,2-3H2,1H3. The summed E-state index contributed by atoms with van der Waals surface area (Å²) in [5.41, 5.74) is 1.38. The first-order chi connectivity index (χ1) is 5.27. The Balaban J connectivity index is 2.25. The van der Waals surface area contributed by atoms with Crippen molar-refractivity contribution in [2.24, 2.45) is 0 Å². The van der Waals surface area contributed by atoms with Gasteiger partial charge < -0.3 is 0 Å². The monoisotopic (exact) mass is 166 g/mol. The molecule has 0 radical (unpaired) electrons. The Morgan fingerprint density at radius 2 is 2.36 bits per heavy atom. The Morgan fingerprint density at radius 3 is 2.82 bits per heavy atom. The summed E-state index contributed by atoms with van der Waals surface area (Å²) in [7, 11) is 0. The van der Waals surface area contributed by atoms with Crippen LogP contribution in [0.25, 0.3) is 0 Å². The van der Waals surface area contributed by atoms with Crippen LogP contribution >= 0.6 is 11.3 Å². The van der Waals surface area contributed by atoms with Gasteiger partial charge in [-0.3, -0.25) is 4.79 Å². The second-order valence-corrected chi connectivity index (χ2v) is 3.99. The van der Waals surface area contributed by atoms with E-state index in [2.05, 4.69) is 5.38 Å². The first kappa shape index (κ1) is 7.04. The molecule has 0 spiro atoms. The van der Waals surface area contributed by atoms with Gasteiger partial charge in [0.15, 0.2) is 5.78 Å². The molecule has 0 aliphatic heterocycles. The third-order valence-electron chi connectivity index (χ3n) is 2.02. The minimum atomic E-state index is 0.196. The highest BCUT2D eigenvalue weighted by molar-refractivity contribution is 7.12. The van der Waals surface area contributed by atoms with E-state index in [0.717, 1.165) is 10.8 Å². The van der Waals surface area contributed by atoms with Crippen molar-refractivity contribution in [3.8, 4) is 0 Å².